The van der Waals surface area contributed by atoms with Crippen LogP contribution in [0.15, 0.2) is 17.8 Å². The van der Waals surface area contributed by atoms with Gasteiger partial charge in [0.05, 0.1) is 18.5 Å². The molecule has 2 aromatic heterocycles. The zero-order valence-electron chi connectivity index (χ0n) is 13.5. The Hall–Kier alpha value is -2.26. The molecule has 0 radical (unpaired) electrons. The highest BCUT2D eigenvalue weighted by molar-refractivity contribution is 7.16. The molecule has 2 fully saturated rings. The quantitative estimate of drug-likeness (QED) is 0.869. The highest BCUT2D eigenvalue weighted by Crippen LogP contribution is 2.32. The summed E-state index contributed by atoms with van der Waals surface area (Å²) in [6.45, 7) is 1.52. The Morgan fingerprint density at radius 2 is 2.20 bits per heavy atom. The van der Waals surface area contributed by atoms with Gasteiger partial charge in [-0.1, -0.05) is 0 Å². The molecule has 4 heterocycles. The standard InChI is InChI=1S/C16H18N4O4S/c21-15(19-5-6-24-12(8-19)16(22)23)11-2-1-4-20(11)13-10-3-7-25-14(10)18-9-17-13/h3,7,9,11-12H,1-2,4-6,8H2,(H,22,23)/t11-,12-/m0/s1. The molecule has 8 nitrogen and oxygen atoms in total. The fourth-order valence-electron chi connectivity index (χ4n) is 3.49. The van der Waals surface area contributed by atoms with Crippen LogP contribution in [0.2, 0.25) is 0 Å². The highest BCUT2D eigenvalue weighted by atomic mass is 32.1. The Morgan fingerprint density at radius 3 is 3.04 bits per heavy atom. The number of carbonyl (C=O) groups excluding carboxylic acids is 1. The highest BCUT2D eigenvalue weighted by Gasteiger charge is 2.38. The predicted molar refractivity (Wildman–Crippen MR) is 91.7 cm³/mol. The lowest BCUT2D eigenvalue weighted by atomic mass is 10.1. The third-order valence-corrected chi connectivity index (χ3v) is 5.52. The maximum atomic E-state index is 13.0. The minimum Gasteiger partial charge on any atom is -0.479 e. The van der Waals surface area contributed by atoms with E-state index in [1.807, 2.05) is 16.3 Å². The molecule has 4 rings (SSSR count). The summed E-state index contributed by atoms with van der Waals surface area (Å²) in [7, 11) is 0. The van der Waals surface area contributed by atoms with Crippen molar-refractivity contribution in [2.45, 2.75) is 25.0 Å². The van der Waals surface area contributed by atoms with E-state index in [4.69, 9.17) is 9.84 Å². The van der Waals surface area contributed by atoms with Crippen molar-refractivity contribution in [2.75, 3.05) is 31.1 Å². The number of morpholine rings is 1. The Labute approximate surface area is 148 Å². The van der Waals surface area contributed by atoms with Crippen molar-refractivity contribution in [1.29, 1.82) is 0 Å². The van der Waals surface area contributed by atoms with Gasteiger partial charge in [-0.3, -0.25) is 4.79 Å². The van der Waals surface area contributed by atoms with E-state index in [1.54, 1.807) is 16.2 Å². The summed E-state index contributed by atoms with van der Waals surface area (Å²) in [5.74, 6) is -0.296. The smallest absolute Gasteiger partial charge is 0.334 e. The first kappa shape index (κ1) is 16.2. The van der Waals surface area contributed by atoms with E-state index in [-0.39, 0.29) is 25.1 Å². The number of carbonyl (C=O) groups is 2. The Kier molecular flexibility index (Phi) is 4.26. The van der Waals surface area contributed by atoms with Gasteiger partial charge in [0.25, 0.3) is 0 Å². The summed E-state index contributed by atoms with van der Waals surface area (Å²) >= 11 is 1.55. The molecule has 2 saturated heterocycles. The van der Waals surface area contributed by atoms with E-state index in [0.717, 1.165) is 35.4 Å². The lowest BCUT2D eigenvalue weighted by Gasteiger charge is -2.35. The van der Waals surface area contributed by atoms with Crippen LogP contribution in [0.4, 0.5) is 5.82 Å². The Bertz CT molecular complexity index is 810. The molecule has 2 aliphatic rings. The number of fused-ring (bicyclic) bond motifs is 1. The van der Waals surface area contributed by atoms with Crippen LogP contribution in [0.5, 0.6) is 0 Å². The molecule has 0 aliphatic carbocycles. The molecular weight excluding hydrogens is 344 g/mol. The number of amides is 1. The Morgan fingerprint density at radius 1 is 1.32 bits per heavy atom. The summed E-state index contributed by atoms with van der Waals surface area (Å²) in [6.07, 6.45) is 2.22. The van der Waals surface area contributed by atoms with E-state index in [0.29, 0.717) is 6.54 Å². The minimum atomic E-state index is -1.03. The van der Waals surface area contributed by atoms with Gasteiger partial charge in [-0.05, 0) is 24.3 Å². The van der Waals surface area contributed by atoms with Crippen molar-refractivity contribution in [3.05, 3.63) is 17.8 Å². The van der Waals surface area contributed by atoms with Gasteiger partial charge in [0.2, 0.25) is 5.91 Å². The van der Waals surface area contributed by atoms with Crippen LogP contribution in [0, 0.1) is 0 Å². The first-order chi connectivity index (χ1) is 12.1. The van der Waals surface area contributed by atoms with Crippen molar-refractivity contribution in [1.82, 2.24) is 14.9 Å². The van der Waals surface area contributed by atoms with E-state index >= 15 is 0 Å². The van der Waals surface area contributed by atoms with E-state index in [2.05, 4.69) is 9.97 Å². The van der Waals surface area contributed by atoms with Crippen molar-refractivity contribution in [2.24, 2.45) is 0 Å². The number of carboxylic acid groups (broad SMARTS) is 1. The molecule has 1 amide bonds. The SMILES string of the molecule is O=C(O)[C@@H]1CN(C(=O)[C@@H]2CCCN2c2ncnc3sccc23)CCO1. The maximum Gasteiger partial charge on any atom is 0.334 e. The van der Waals surface area contributed by atoms with Crippen LogP contribution >= 0.6 is 11.3 Å². The third kappa shape index (κ3) is 2.93. The lowest BCUT2D eigenvalue weighted by Crippen LogP contribution is -2.53. The van der Waals surface area contributed by atoms with Gasteiger partial charge < -0.3 is 19.6 Å². The number of ether oxygens (including phenoxy) is 1. The van der Waals surface area contributed by atoms with E-state index in [9.17, 15) is 9.59 Å². The van der Waals surface area contributed by atoms with Gasteiger partial charge in [0, 0.05) is 13.1 Å². The second kappa shape index (κ2) is 6.57. The number of rotatable bonds is 3. The van der Waals surface area contributed by atoms with Crippen LogP contribution in [-0.4, -0.2) is 70.2 Å². The molecule has 2 atom stereocenters. The normalized spacial score (nSPS) is 24.0. The van der Waals surface area contributed by atoms with Crippen LogP contribution in [0.1, 0.15) is 12.8 Å². The molecule has 9 heteroatoms. The van der Waals surface area contributed by atoms with Crippen molar-refractivity contribution < 1.29 is 19.4 Å². The van der Waals surface area contributed by atoms with Gasteiger partial charge in [-0.2, -0.15) is 0 Å². The number of carboxylic acids is 1. The third-order valence-electron chi connectivity index (χ3n) is 4.70. The average molecular weight is 362 g/mol. The van der Waals surface area contributed by atoms with Gasteiger partial charge in [0.1, 0.15) is 23.0 Å². The number of nitrogens with zero attached hydrogens (tertiary/aromatic N) is 4. The van der Waals surface area contributed by atoms with Crippen LogP contribution in [-0.2, 0) is 14.3 Å². The van der Waals surface area contributed by atoms with Crippen molar-refractivity contribution in [3.8, 4) is 0 Å². The second-order valence-electron chi connectivity index (χ2n) is 6.17. The molecule has 2 aliphatic heterocycles. The van der Waals surface area contributed by atoms with Gasteiger partial charge >= 0.3 is 5.97 Å². The van der Waals surface area contributed by atoms with Gasteiger partial charge in [-0.25, -0.2) is 14.8 Å². The fourth-order valence-corrected chi connectivity index (χ4v) is 4.22. The monoisotopic (exact) mass is 362 g/mol. The number of hydrogen-bond donors (Lipinski definition) is 1. The molecule has 132 valence electrons. The summed E-state index contributed by atoms with van der Waals surface area (Å²) in [4.78, 5) is 37.4. The average Bonchev–Trinajstić information content (AvgIpc) is 3.30. The minimum absolute atomic E-state index is 0.0472. The summed E-state index contributed by atoms with van der Waals surface area (Å²) in [5.41, 5.74) is 0. The number of aliphatic carboxylic acids is 1. The van der Waals surface area contributed by atoms with Crippen molar-refractivity contribution in [3.63, 3.8) is 0 Å². The van der Waals surface area contributed by atoms with E-state index < -0.39 is 12.1 Å². The molecule has 2 aromatic rings. The molecule has 0 aromatic carbocycles. The predicted octanol–water partition coefficient (Wildman–Crippen LogP) is 0.972. The summed E-state index contributed by atoms with van der Waals surface area (Å²) < 4.78 is 5.21. The summed E-state index contributed by atoms with van der Waals surface area (Å²) in [6, 6.07) is 1.66. The number of aromatic nitrogens is 2. The van der Waals surface area contributed by atoms with Gasteiger partial charge in [-0.15, -0.1) is 11.3 Å². The van der Waals surface area contributed by atoms with Crippen molar-refractivity contribution >= 4 is 39.2 Å². The first-order valence-electron chi connectivity index (χ1n) is 8.23. The zero-order chi connectivity index (χ0) is 17.4. The molecule has 1 N–H and O–H groups in total. The van der Waals surface area contributed by atoms with Gasteiger partial charge in [0.15, 0.2) is 6.10 Å². The Balaban J connectivity index is 1.58. The largest absolute Gasteiger partial charge is 0.479 e. The molecule has 0 bridgehead atoms. The number of anilines is 1. The molecule has 0 unspecified atom stereocenters. The molecule has 25 heavy (non-hydrogen) atoms. The lowest BCUT2D eigenvalue weighted by molar-refractivity contribution is -0.159. The molecule has 0 spiro atoms. The second-order valence-corrected chi connectivity index (χ2v) is 7.06. The topological polar surface area (TPSA) is 95.9 Å². The number of thiophene rings is 1. The zero-order valence-corrected chi connectivity index (χ0v) is 14.3. The fraction of sp³-hybridized carbons (Fsp3) is 0.500. The maximum absolute atomic E-state index is 13.0. The number of hydrogen-bond acceptors (Lipinski definition) is 7. The van der Waals surface area contributed by atoms with Crippen LogP contribution < -0.4 is 4.90 Å². The van der Waals surface area contributed by atoms with Crippen LogP contribution in [0.25, 0.3) is 10.2 Å². The first-order valence-corrected chi connectivity index (χ1v) is 9.11. The molecule has 0 saturated carbocycles. The van der Waals surface area contributed by atoms with E-state index in [1.165, 1.54) is 6.33 Å². The van der Waals surface area contributed by atoms with Crippen LogP contribution in [0.3, 0.4) is 0 Å². The molecular formula is C16H18N4O4S. The summed E-state index contributed by atoms with van der Waals surface area (Å²) in [5, 5.41) is 12.1.